The van der Waals surface area contributed by atoms with Gasteiger partial charge in [-0.2, -0.15) is 5.10 Å². The number of methoxy groups -OCH3 is 1. The van der Waals surface area contributed by atoms with Crippen molar-refractivity contribution < 1.29 is 9.53 Å². The molecule has 130 valence electrons. The van der Waals surface area contributed by atoms with Crippen molar-refractivity contribution in [1.82, 2.24) is 20.1 Å². The molecular formula is C18H21N5O2. The Balaban J connectivity index is 1.40. The molecule has 1 aliphatic heterocycles. The molecule has 7 nitrogen and oxygen atoms in total. The van der Waals surface area contributed by atoms with E-state index in [1.165, 1.54) is 12.0 Å². The van der Waals surface area contributed by atoms with Crippen LogP contribution in [0.15, 0.2) is 24.4 Å². The van der Waals surface area contributed by atoms with Crippen LogP contribution in [-0.2, 0) is 12.8 Å². The van der Waals surface area contributed by atoms with Gasteiger partial charge in [0, 0.05) is 38.4 Å². The van der Waals surface area contributed by atoms with E-state index < -0.39 is 0 Å². The first-order chi connectivity index (χ1) is 12.2. The maximum Gasteiger partial charge on any atom is 0.255 e. The van der Waals surface area contributed by atoms with Crippen LogP contribution < -0.4 is 9.64 Å². The van der Waals surface area contributed by atoms with Crippen LogP contribution in [0, 0.1) is 0 Å². The minimum absolute atomic E-state index is 0.00911. The summed E-state index contributed by atoms with van der Waals surface area (Å²) in [5.41, 5.74) is 3.06. The van der Waals surface area contributed by atoms with Gasteiger partial charge in [0.2, 0.25) is 5.88 Å². The van der Waals surface area contributed by atoms with Crippen molar-refractivity contribution in [3.8, 4) is 5.88 Å². The van der Waals surface area contributed by atoms with Gasteiger partial charge in [0.05, 0.1) is 18.4 Å². The fourth-order valence-electron chi connectivity index (χ4n) is 3.42. The Morgan fingerprint density at radius 2 is 1.96 bits per heavy atom. The van der Waals surface area contributed by atoms with Gasteiger partial charge in [-0.1, -0.05) is 0 Å². The van der Waals surface area contributed by atoms with E-state index in [1.54, 1.807) is 25.4 Å². The number of aryl methyl sites for hydroxylation is 2. The van der Waals surface area contributed by atoms with Gasteiger partial charge in [-0.15, -0.1) is 5.10 Å². The molecule has 2 aromatic heterocycles. The van der Waals surface area contributed by atoms with Crippen LogP contribution in [-0.4, -0.2) is 59.3 Å². The molecule has 3 heterocycles. The first-order valence-electron chi connectivity index (χ1n) is 8.64. The van der Waals surface area contributed by atoms with E-state index in [0.29, 0.717) is 24.5 Å². The molecule has 1 saturated heterocycles. The molecule has 4 rings (SSSR count). The fraction of sp³-hybridized carbons (Fsp3) is 0.444. The molecule has 0 aromatic carbocycles. The molecular weight excluding hydrogens is 318 g/mol. The third kappa shape index (κ3) is 3.14. The van der Waals surface area contributed by atoms with E-state index in [0.717, 1.165) is 37.4 Å². The summed E-state index contributed by atoms with van der Waals surface area (Å²) in [6, 6.07) is 5.64. The van der Waals surface area contributed by atoms with Crippen molar-refractivity contribution in [3.63, 3.8) is 0 Å². The average molecular weight is 339 g/mol. The number of carbonyl (C=O) groups is 1. The monoisotopic (exact) mass is 339 g/mol. The minimum atomic E-state index is 0.00911. The highest BCUT2D eigenvalue weighted by Crippen LogP contribution is 2.23. The van der Waals surface area contributed by atoms with E-state index in [9.17, 15) is 4.79 Å². The predicted molar refractivity (Wildman–Crippen MR) is 93.0 cm³/mol. The number of piperazine rings is 1. The van der Waals surface area contributed by atoms with Gasteiger partial charge in [0.15, 0.2) is 5.82 Å². The van der Waals surface area contributed by atoms with Crippen LogP contribution >= 0.6 is 0 Å². The summed E-state index contributed by atoms with van der Waals surface area (Å²) >= 11 is 0. The molecule has 7 heteroatoms. The summed E-state index contributed by atoms with van der Waals surface area (Å²) in [7, 11) is 1.56. The van der Waals surface area contributed by atoms with Crippen molar-refractivity contribution in [1.29, 1.82) is 0 Å². The standard InChI is InChI=1S/C18H21N5O2/c1-25-17-6-5-14(12-19-17)18(24)23-9-7-22(8-10-23)16-11-13-3-2-4-15(13)20-21-16/h5-6,11-12H,2-4,7-10H2,1H3. The smallest absolute Gasteiger partial charge is 0.255 e. The van der Waals surface area contributed by atoms with Crippen molar-refractivity contribution in [3.05, 3.63) is 41.2 Å². The zero-order valence-electron chi connectivity index (χ0n) is 14.3. The highest BCUT2D eigenvalue weighted by atomic mass is 16.5. The molecule has 2 aliphatic rings. The third-order valence-corrected chi connectivity index (χ3v) is 4.89. The van der Waals surface area contributed by atoms with Gasteiger partial charge in [0.25, 0.3) is 5.91 Å². The zero-order valence-corrected chi connectivity index (χ0v) is 14.3. The summed E-state index contributed by atoms with van der Waals surface area (Å²) in [4.78, 5) is 20.8. The molecule has 1 amide bonds. The molecule has 0 unspecified atom stereocenters. The molecule has 0 atom stereocenters. The van der Waals surface area contributed by atoms with Gasteiger partial charge < -0.3 is 14.5 Å². The number of hydrogen-bond acceptors (Lipinski definition) is 6. The van der Waals surface area contributed by atoms with Gasteiger partial charge >= 0.3 is 0 Å². The first kappa shape index (κ1) is 15.8. The molecule has 25 heavy (non-hydrogen) atoms. The number of fused-ring (bicyclic) bond motifs is 1. The Hall–Kier alpha value is -2.70. The lowest BCUT2D eigenvalue weighted by Gasteiger charge is -2.35. The lowest BCUT2D eigenvalue weighted by atomic mass is 10.2. The van der Waals surface area contributed by atoms with Crippen LogP contribution in [0.5, 0.6) is 5.88 Å². The largest absolute Gasteiger partial charge is 0.481 e. The quantitative estimate of drug-likeness (QED) is 0.840. The number of carbonyl (C=O) groups excluding carboxylic acids is 1. The van der Waals surface area contributed by atoms with Crippen LogP contribution in [0.4, 0.5) is 5.82 Å². The number of ether oxygens (including phenoxy) is 1. The average Bonchev–Trinajstić information content (AvgIpc) is 3.15. The lowest BCUT2D eigenvalue weighted by Crippen LogP contribution is -2.49. The number of anilines is 1. The summed E-state index contributed by atoms with van der Waals surface area (Å²) < 4.78 is 5.03. The topological polar surface area (TPSA) is 71.5 Å². The fourth-order valence-corrected chi connectivity index (χ4v) is 3.42. The van der Waals surface area contributed by atoms with E-state index >= 15 is 0 Å². The molecule has 2 aromatic rings. The summed E-state index contributed by atoms with van der Waals surface area (Å²) in [6.45, 7) is 2.87. The predicted octanol–water partition coefficient (Wildman–Crippen LogP) is 1.33. The van der Waals surface area contributed by atoms with Crippen molar-refractivity contribution >= 4 is 11.7 Å². The Kier molecular flexibility index (Phi) is 4.21. The van der Waals surface area contributed by atoms with Crippen molar-refractivity contribution in [2.75, 3.05) is 38.2 Å². The number of hydrogen-bond donors (Lipinski definition) is 0. The molecule has 1 aliphatic carbocycles. The Labute approximate surface area is 146 Å². The number of amides is 1. The summed E-state index contributed by atoms with van der Waals surface area (Å²) in [6.07, 6.45) is 4.88. The van der Waals surface area contributed by atoms with E-state index in [1.807, 2.05) is 4.90 Å². The second-order valence-corrected chi connectivity index (χ2v) is 6.40. The summed E-state index contributed by atoms with van der Waals surface area (Å²) in [5.74, 6) is 1.45. The number of aromatic nitrogens is 3. The van der Waals surface area contributed by atoms with Gasteiger partial charge in [-0.05, 0) is 37.0 Å². The second kappa shape index (κ2) is 6.66. The van der Waals surface area contributed by atoms with Gasteiger partial charge in [-0.3, -0.25) is 4.79 Å². The SMILES string of the molecule is COc1ccc(C(=O)N2CCN(c3cc4c(nn3)CCC4)CC2)cn1. The zero-order chi connectivity index (χ0) is 17.2. The van der Waals surface area contributed by atoms with Gasteiger partial charge in [0.1, 0.15) is 0 Å². The van der Waals surface area contributed by atoms with E-state index in [2.05, 4.69) is 26.1 Å². The molecule has 0 spiro atoms. The summed E-state index contributed by atoms with van der Waals surface area (Å²) in [5, 5.41) is 8.73. The molecule has 0 bridgehead atoms. The van der Waals surface area contributed by atoms with Crippen LogP contribution in [0.25, 0.3) is 0 Å². The first-order valence-corrected chi connectivity index (χ1v) is 8.64. The molecule has 0 radical (unpaired) electrons. The Morgan fingerprint density at radius 1 is 1.12 bits per heavy atom. The van der Waals surface area contributed by atoms with E-state index in [4.69, 9.17) is 4.74 Å². The van der Waals surface area contributed by atoms with Crippen LogP contribution in [0.3, 0.4) is 0 Å². The lowest BCUT2D eigenvalue weighted by molar-refractivity contribution is 0.0746. The Morgan fingerprint density at radius 3 is 2.68 bits per heavy atom. The van der Waals surface area contributed by atoms with Gasteiger partial charge in [-0.25, -0.2) is 4.98 Å². The highest BCUT2D eigenvalue weighted by Gasteiger charge is 2.24. The van der Waals surface area contributed by atoms with Crippen molar-refractivity contribution in [2.45, 2.75) is 19.3 Å². The third-order valence-electron chi connectivity index (χ3n) is 4.89. The second-order valence-electron chi connectivity index (χ2n) is 6.40. The van der Waals surface area contributed by atoms with Crippen LogP contribution in [0.1, 0.15) is 28.0 Å². The maximum absolute atomic E-state index is 12.6. The molecule has 0 saturated carbocycles. The highest BCUT2D eigenvalue weighted by molar-refractivity contribution is 5.94. The van der Waals surface area contributed by atoms with Crippen LogP contribution in [0.2, 0.25) is 0 Å². The van der Waals surface area contributed by atoms with Crippen molar-refractivity contribution in [2.24, 2.45) is 0 Å². The molecule has 1 fully saturated rings. The molecule has 0 N–H and O–H groups in total. The number of nitrogens with zero attached hydrogens (tertiary/aromatic N) is 5. The number of rotatable bonds is 3. The Bertz CT molecular complexity index is 770. The maximum atomic E-state index is 12.6. The normalized spacial score (nSPS) is 16.7. The minimum Gasteiger partial charge on any atom is -0.481 e. The van der Waals surface area contributed by atoms with E-state index in [-0.39, 0.29) is 5.91 Å². The number of pyridine rings is 1.